The largest absolute Gasteiger partial charge is 0.313 e. The molecule has 1 atom stereocenters. The zero-order valence-electron chi connectivity index (χ0n) is 37.5. The number of hydrogen-bond acceptors (Lipinski definition) is 5. The van der Waals surface area contributed by atoms with E-state index in [-0.39, 0.29) is 0 Å². The normalized spacial score (nSPS) is 13.5. The van der Waals surface area contributed by atoms with E-state index in [1.54, 1.807) is 0 Å². The smallest absolute Gasteiger partial charge is 0.0497 e. The summed E-state index contributed by atoms with van der Waals surface area (Å²) >= 11 is 8.32. The van der Waals surface area contributed by atoms with Crippen LogP contribution in [0.3, 0.4) is 0 Å². The van der Waals surface area contributed by atoms with Gasteiger partial charge in [-0.15, -0.1) is 34.7 Å². The van der Waals surface area contributed by atoms with Crippen molar-refractivity contribution in [2.75, 3.05) is 9.80 Å². The van der Waals surface area contributed by atoms with Gasteiger partial charge < -0.3 is 9.80 Å². The van der Waals surface area contributed by atoms with Gasteiger partial charge in [-0.3, -0.25) is 0 Å². The van der Waals surface area contributed by atoms with Crippen molar-refractivity contribution in [3.8, 4) is 44.5 Å². The molecule has 67 heavy (non-hydrogen) atoms. The fourth-order valence-corrected chi connectivity index (χ4v) is 10.8. The SMILES string of the molecule is C1=CCC2C(=C1)N(c1ccc3sc4ccccc4c3c1)c1ccc(-c3ccccc3-c3ccc(N(c4ccccc4)c4cccc(-c5ccc(-c6ccccc6)cc5)c4)cc3)cc12.CC.SS. The lowest BCUT2D eigenvalue weighted by Gasteiger charge is -2.26. The summed E-state index contributed by atoms with van der Waals surface area (Å²) in [5.41, 5.74) is 18.3. The van der Waals surface area contributed by atoms with Gasteiger partial charge >= 0.3 is 0 Å². The number of nitrogens with zero attached hydrogens (tertiary/aromatic N) is 2. The van der Waals surface area contributed by atoms with E-state index in [9.17, 15) is 0 Å². The predicted molar refractivity (Wildman–Crippen MR) is 298 cm³/mol. The third-order valence-electron chi connectivity index (χ3n) is 12.8. The average Bonchev–Trinajstić information content (AvgIpc) is 3.96. The number of thiol groups is 2. The van der Waals surface area contributed by atoms with E-state index in [0.29, 0.717) is 5.92 Å². The van der Waals surface area contributed by atoms with Gasteiger partial charge in [0.2, 0.25) is 0 Å². The van der Waals surface area contributed by atoms with Gasteiger partial charge in [-0.2, -0.15) is 0 Å². The van der Waals surface area contributed by atoms with Crippen LogP contribution >= 0.6 is 34.7 Å². The van der Waals surface area contributed by atoms with Crippen LogP contribution in [0.5, 0.6) is 0 Å². The Balaban J connectivity index is 0.00000128. The van der Waals surface area contributed by atoms with Crippen molar-refractivity contribution in [3.05, 3.63) is 248 Å². The molecule has 5 heteroatoms. The Labute approximate surface area is 409 Å². The monoisotopic (exact) mass is 918 g/mol. The second-order valence-electron chi connectivity index (χ2n) is 16.5. The van der Waals surface area contributed by atoms with Crippen LogP contribution in [-0.2, 0) is 0 Å². The minimum Gasteiger partial charge on any atom is -0.313 e. The third-order valence-corrected chi connectivity index (χ3v) is 13.9. The molecular formula is C62H50N2S3. The van der Waals surface area contributed by atoms with Crippen LogP contribution in [0.1, 0.15) is 31.7 Å². The lowest BCUT2D eigenvalue weighted by atomic mass is 9.88. The molecule has 2 heterocycles. The highest BCUT2D eigenvalue weighted by molar-refractivity contribution is 8.59. The van der Waals surface area contributed by atoms with Crippen molar-refractivity contribution in [1.82, 2.24) is 0 Å². The second-order valence-corrected chi connectivity index (χ2v) is 17.5. The molecule has 0 amide bonds. The van der Waals surface area contributed by atoms with Gasteiger partial charge in [0.05, 0.1) is 0 Å². The van der Waals surface area contributed by atoms with Crippen molar-refractivity contribution in [2.45, 2.75) is 26.2 Å². The highest BCUT2D eigenvalue weighted by atomic mass is 33.1. The minimum absolute atomic E-state index is 0.308. The summed E-state index contributed by atoms with van der Waals surface area (Å²) in [6.45, 7) is 4.00. The Morgan fingerprint density at radius 1 is 0.463 bits per heavy atom. The number of fused-ring (bicyclic) bond motifs is 6. The molecule has 10 aromatic rings. The Hall–Kier alpha value is -7.02. The number of hydrogen-bond donors (Lipinski definition) is 2. The van der Waals surface area contributed by atoms with Gasteiger partial charge in [0.15, 0.2) is 0 Å². The van der Waals surface area contributed by atoms with Crippen molar-refractivity contribution < 1.29 is 0 Å². The molecule has 1 aromatic heterocycles. The number of para-hydroxylation sites is 1. The summed E-state index contributed by atoms with van der Waals surface area (Å²) in [6, 6.07) is 79.9. The van der Waals surface area contributed by atoms with Crippen LogP contribution in [0, 0.1) is 0 Å². The molecule has 9 aromatic carbocycles. The quantitative estimate of drug-likeness (QED) is 0.116. The first-order chi connectivity index (χ1) is 33.2. The molecule has 326 valence electrons. The molecule has 12 rings (SSSR count). The zero-order chi connectivity index (χ0) is 45.7. The third kappa shape index (κ3) is 8.51. The Bertz CT molecular complexity index is 3370. The molecule has 0 fully saturated rings. The molecular weight excluding hydrogens is 869 g/mol. The molecule has 1 aliphatic carbocycles. The highest BCUT2D eigenvalue weighted by Crippen LogP contribution is 2.53. The maximum Gasteiger partial charge on any atom is 0.0497 e. The lowest BCUT2D eigenvalue weighted by molar-refractivity contribution is 0.820. The number of benzene rings is 9. The van der Waals surface area contributed by atoms with E-state index >= 15 is 0 Å². The Kier molecular flexibility index (Phi) is 13.0. The van der Waals surface area contributed by atoms with E-state index in [1.807, 2.05) is 25.2 Å². The summed E-state index contributed by atoms with van der Waals surface area (Å²) in [6.07, 6.45) is 7.85. The molecule has 0 saturated heterocycles. The summed E-state index contributed by atoms with van der Waals surface area (Å²) < 4.78 is 2.67. The predicted octanol–water partition coefficient (Wildman–Crippen LogP) is 19.1. The highest BCUT2D eigenvalue weighted by Gasteiger charge is 2.35. The molecule has 0 saturated carbocycles. The number of rotatable bonds is 8. The van der Waals surface area contributed by atoms with Crippen LogP contribution in [-0.4, -0.2) is 0 Å². The van der Waals surface area contributed by atoms with Crippen molar-refractivity contribution in [2.24, 2.45) is 0 Å². The maximum atomic E-state index is 3.22. The first-order valence-electron chi connectivity index (χ1n) is 23.0. The number of thiophene rings is 1. The molecule has 2 aliphatic rings. The Morgan fingerprint density at radius 2 is 1.03 bits per heavy atom. The lowest BCUT2D eigenvalue weighted by Crippen LogP contribution is -2.14. The molecule has 0 radical (unpaired) electrons. The maximum absolute atomic E-state index is 3.22. The molecule has 0 spiro atoms. The van der Waals surface area contributed by atoms with E-state index in [2.05, 4.69) is 270 Å². The molecule has 2 nitrogen and oxygen atoms in total. The molecule has 1 unspecified atom stereocenters. The van der Waals surface area contributed by atoms with Crippen LogP contribution in [0.25, 0.3) is 64.7 Å². The molecule has 0 bridgehead atoms. The van der Waals surface area contributed by atoms with E-state index < -0.39 is 0 Å². The van der Waals surface area contributed by atoms with E-state index in [0.717, 1.165) is 23.5 Å². The first-order valence-corrected chi connectivity index (χ1v) is 25.4. The number of allylic oxidation sites excluding steroid dienone is 4. The van der Waals surface area contributed by atoms with Crippen molar-refractivity contribution in [1.29, 1.82) is 0 Å². The summed E-state index contributed by atoms with van der Waals surface area (Å²) in [5.74, 6) is 0.308. The van der Waals surface area contributed by atoms with E-state index in [1.165, 1.54) is 87.3 Å². The summed E-state index contributed by atoms with van der Waals surface area (Å²) in [7, 11) is 0. The fourth-order valence-electron chi connectivity index (χ4n) is 9.73. The van der Waals surface area contributed by atoms with Crippen LogP contribution in [0.15, 0.2) is 242 Å². The topological polar surface area (TPSA) is 6.48 Å². The number of anilines is 5. The van der Waals surface area contributed by atoms with Gasteiger partial charge in [0.1, 0.15) is 0 Å². The molecule has 0 N–H and O–H groups in total. The molecule has 1 aliphatic heterocycles. The zero-order valence-corrected chi connectivity index (χ0v) is 40.1. The van der Waals surface area contributed by atoms with Crippen LogP contribution < -0.4 is 9.80 Å². The summed E-state index contributed by atoms with van der Waals surface area (Å²) in [5, 5.41) is 2.66. The van der Waals surface area contributed by atoms with Crippen LogP contribution in [0.2, 0.25) is 0 Å². The van der Waals surface area contributed by atoms with Gasteiger partial charge in [-0.1, -0.05) is 172 Å². The standard InChI is InChI=1S/C60H42N2S.C2H6.H2S2/c1-3-14-41(15-4-1)42-26-28-43(29-27-42)45-16-13-19-49(38-45)61(47-17-5-2-6-18-47)48-33-30-44(31-34-48)51-20-7-8-21-52(51)46-32-36-58-55(39-46)53-22-9-11-24-57(53)62(58)50-35-37-60-56(40-50)54-23-10-12-25-59(54)63-60;2*1-2/h1-21,23-40,53H,22H2;1-2H3;1-2H. The minimum atomic E-state index is 0.308. The fraction of sp³-hybridized carbons (Fsp3) is 0.0645. The van der Waals surface area contributed by atoms with Gasteiger partial charge in [0, 0.05) is 60.2 Å². The second kappa shape index (κ2) is 19.8. The van der Waals surface area contributed by atoms with Crippen molar-refractivity contribution in [3.63, 3.8) is 0 Å². The van der Waals surface area contributed by atoms with E-state index in [4.69, 9.17) is 0 Å². The van der Waals surface area contributed by atoms with Gasteiger partial charge in [0.25, 0.3) is 0 Å². The summed E-state index contributed by atoms with van der Waals surface area (Å²) in [4.78, 5) is 4.85. The van der Waals surface area contributed by atoms with Crippen molar-refractivity contribution >= 4 is 83.3 Å². The Morgan fingerprint density at radius 3 is 1.79 bits per heavy atom. The van der Waals surface area contributed by atoms with Gasteiger partial charge in [-0.05, 0) is 135 Å². The first kappa shape index (κ1) is 43.9. The van der Waals surface area contributed by atoms with Gasteiger partial charge in [-0.25, -0.2) is 0 Å². The van der Waals surface area contributed by atoms with Crippen LogP contribution in [0.4, 0.5) is 28.4 Å². The average molecular weight is 919 g/mol.